The SMILES string of the molecule is CCOc1ccc(C2C(C(=O)Nc3cccc(F)c3)=C(C)NC3=C2C(=O)CC(C)(C)C3)cc1. The highest BCUT2D eigenvalue weighted by Crippen LogP contribution is 2.46. The lowest BCUT2D eigenvalue weighted by atomic mass is 9.68. The Hall–Kier alpha value is -3.41. The highest BCUT2D eigenvalue weighted by molar-refractivity contribution is 6.09. The van der Waals surface area contributed by atoms with E-state index >= 15 is 0 Å². The van der Waals surface area contributed by atoms with Gasteiger partial charge in [-0.05, 0) is 61.6 Å². The third kappa shape index (κ3) is 4.70. The molecule has 0 saturated heterocycles. The maximum Gasteiger partial charge on any atom is 0.254 e. The number of halogens is 1. The molecular formula is C27H29FN2O3. The second-order valence-electron chi connectivity index (χ2n) is 9.40. The van der Waals surface area contributed by atoms with Crippen LogP contribution < -0.4 is 15.4 Å². The van der Waals surface area contributed by atoms with Crippen molar-refractivity contribution in [1.82, 2.24) is 5.32 Å². The minimum Gasteiger partial charge on any atom is -0.494 e. The van der Waals surface area contributed by atoms with E-state index in [1.54, 1.807) is 12.1 Å². The molecule has 2 aromatic rings. The Labute approximate surface area is 193 Å². The van der Waals surface area contributed by atoms with Crippen molar-refractivity contribution in [2.75, 3.05) is 11.9 Å². The second-order valence-corrected chi connectivity index (χ2v) is 9.40. The second kappa shape index (κ2) is 8.85. The summed E-state index contributed by atoms with van der Waals surface area (Å²) in [7, 11) is 0. The van der Waals surface area contributed by atoms with Gasteiger partial charge in [-0.25, -0.2) is 4.39 Å². The Morgan fingerprint density at radius 3 is 2.58 bits per heavy atom. The van der Waals surface area contributed by atoms with Crippen molar-refractivity contribution in [2.24, 2.45) is 5.41 Å². The van der Waals surface area contributed by atoms with Gasteiger partial charge in [-0.1, -0.05) is 32.0 Å². The maximum absolute atomic E-state index is 13.7. The molecule has 1 atom stereocenters. The van der Waals surface area contributed by atoms with Crippen LogP contribution in [0.2, 0.25) is 0 Å². The van der Waals surface area contributed by atoms with Crippen molar-refractivity contribution in [3.05, 3.63) is 82.5 Å². The summed E-state index contributed by atoms with van der Waals surface area (Å²) in [6, 6.07) is 13.3. The number of carbonyl (C=O) groups excluding carboxylic acids is 2. The van der Waals surface area contributed by atoms with E-state index in [2.05, 4.69) is 24.5 Å². The molecule has 1 unspecified atom stereocenters. The molecule has 0 saturated carbocycles. The highest BCUT2D eigenvalue weighted by atomic mass is 19.1. The number of amides is 1. The number of ether oxygens (including phenoxy) is 1. The molecule has 33 heavy (non-hydrogen) atoms. The molecule has 2 N–H and O–H groups in total. The topological polar surface area (TPSA) is 67.4 Å². The van der Waals surface area contributed by atoms with Crippen LogP contribution >= 0.6 is 0 Å². The van der Waals surface area contributed by atoms with E-state index < -0.39 is 11.7 Å². The first-order chi connectivity index (χ1) is 15.7. The average molecular weight is 449 g/mol. The molecule has 1 amide bonds. The summed E-state index contributed by atoms with van der Waals surface area (Å²) in [5, 5.41) is 6.15. The predicted molar refractivity (Wildman–Crippen MR) is 126 cm³/mol. The van der Waals surface area contributed by atoms with Gasteiger partial charge in [0.05, 0.1) is 6.61 Å². The Morgan fingerprint density at radius 1 is 1.18 bits per heavy atom. The van der Waals surface area contributed by atoms with Crippen molar-refractivity contribution in [1.29, 1.82) is 0 Å². The molecule has 0 radical (unpaired) electrons. The minimum absolute atomic E-state index is 0.0381. The quantitative estimate of drug-likeness (QED) is 0.637. The number of hydrogen-bond donors (Lipinski definition) is 2. The monoisotopic (exact) mass is 448 g/mol. The number of carbonyl (C=O) groups is 2. The van der Waals surface area contributed by atoms with Gasteiger partial charge >= 0.3 is 0 Å². The minimum atomic E-state index is -0.519. The van der Waals surface area contributed by atoms with E-state index in [4.69, 9.17) is 4.74 Å². The number of Topliss-reactive ketones (excluding diaryl/α,β-unsaturated/α-hetero) is 1. The summed E-state index contributed by atoms with van der Waals surface area (Å²) in [4.78, 5) is 26.8. The Kier molecular flexibility index (Phi) is 6.11. The van der Waals surface area contributed by atoms with Gasteiger partial charge in [0.15, 0.2) is 5.78 Å². The van der Waals surface area contributed by atoms with Gasteiger partial charge in [-0.3, -0.25) is 9.59 Å². The van der Waals surface area contributed by atoms with Crippen molar-refractivity contribution in [2.45, 2.75) is 46.5 Å². The number of benzene rings is 2. The number of nitrogens with one attached hydrogen (secondary N) is 2. The molecule has 0 aromatic heterocycles. The van der Waals surface area contributed by atoms with Crippen LogP contribution in [-0.4, -0.2) is 18.3 Å². The van der Waals surface area contributed by atoms with Crippen LogP contribution in [0.15, 0.2) is 71.1 Å². The van der Waals surface area contributed by atoms with Crippen LogP contribution in [0.1, 0.15) is 52.0 Å². The van der Waals surface area contributed by atoms with E-state index in [-0.39, 0.29) is 17.1 Å². The molecule has 0 bridgehead atoms. The van der Waals surface area contributed by atoms with Crippen LogP contribution in [0.3, 0.4) is 0 Å². The summed E-state index contributed by atoms with van der Waals surface area (Å²) in [6.45, 7) is 8.47. The fraction of sp³-hybridized carbons (Fsp3) is 0.333. The van der Waals surface area contributed by atoms with Crippen molar-refractivity contribution in [3.63, 3.8) is 0 Å². The number of hydrogen-bond acceptors (Lipinski definition) is 4. The molecule has 2 aliphatic rings. The zero-order valence-electron chi connectivity index (χ0n) is 19.4. The van der Waals surface area contributed by atoms with Gasteiger partial charge in [-0.15, -0.1) is 0 Å². The first-order valence-corrected chi connectivity index (χ1v) is 11.2. The molecule has 2 aromatic carbocycles. The van der Waals surface area contributed by atoms with Gasteiger partial charge in [0.25, 0.3) is 5.91 Å². The van der Waals surface area contributed by atoms with Crippen molar-refractivity contribution in [3.8, 4) is 5.75 Å². The van der Waals surface area contributed by atoms with Crippen LogP contribution in [-0.2, 0) is 9.59 Å². The fourth-order valence-corrected chi connectivity index (χ4v) is 4.76. The third-order valence-corrected chi connectivity index (χ3v) is 6.09. The van der Waals surface area contributed by atoms with Crippen LogP contribution in [0.5, 0.6) is 5.75 Å². The lowest BCUT2D eigenvalue weighted by molar-refractivity contribution is -0.118. The maximum atomic E-state index is 13.7. The number of allylic oxidation sites excluding steroid dienone is 3. The molecule has 1 aliphatic heterocycles. The van der Waals surface area contributed by atoms with Gasteiger partial charge in [0.2, 0.25) is 0 Å². The normalized spacial score (nSPS) is 19.7. The van der Waals surface area contributed by atoms with Crippen LogP contribution in [0, 0.1) is 11.2 Å². The van der Waals surface area contributed by atoms with E-state index in [1.165, 1.54) is 12.1 Å². The molecule has 6 heteroatoms. The van der Waals surface area contributed by atoms with E-state index in [1.807, 2.05) is 38.1 Å². The van der Waals surface area contributed by atoms with Crippen LogP contribution in [0.4, 0.5) is 10.1 Å². The first kappa shape index (κ1) is 22.8. The molecular weight excluding hydrogens is 419 g/mol. The lowest BCUT2D eigenvalue weighted by Gasteiger charge is -2.39. The summed E-state index contributed by atoms with van der Waals surface area (Å²) in [5.41, 5.74) is 3.69. The molecule has 172 valence electrons. The summed E-state index contributed by atoms with van der Waals surface area (Å²) in [5.74, 6) is -0.552. The van der Waals surface area contributed by atoms with Crippen molar-refractivity contribution >= 4 is 17.4 Å². The number of rotatable bonds is 5. The largest absolute Gasteiger partial charge is 0.494 e. The predicted octanol–water partition coefficient (Wildman–Crippen LogP) is 5.47. The van der Waals surface area contributed by atoms with Gasteiger partial charge < -0.3 is 15.4 Å². The zero-order valence-corrected chi connectivity index (χ0v) is 19.4. The number of anilines is 1. The Bertz CT molecular complexity index is 1160. The molecule has 0 spiro atoms. The molecule has 5 nitrogen and oxygen atoms in total. The Morgan fingerprint density at radius 2 is 1.91 bits per heavy atom. The smallest absolute Gasteiger partial charge is 0.254 e. The Balaban J connectivity index is 1.78. The van der Waals surface area contributed by atoms with Gasteiger partial charge in [0, 0.05) is 40.6 Å². The molecule has 4 rings (SSSR count). The van der Waals surface area contributed by atoms with Gasteiger partial charge in [0.1, 0.15) is 11.6 Å². The number of ketones is 1. The van der Waals surface area contributed by atoms with E-state index in [9.17, 15) is 14.0 Å². The summed E-state index contributed by atoms with van der Waals surface area (Å²) < 4.78 is 19.3. The summed E-state index contributed by atoms with van der Waals surface area (Å²) >= 11 is 0. The molecule has 1 aliphatic carbocycles. The molecule has 1 heterocycles. The standard InChI is InChI=1S/C27H29FN2O3/c1-5-33-20-11-9-17(10-12-20)24-23(26(32)30-19-8-6-7-18(28)13-19)16(2)29-21-14-27(3,4)15-22(31)25(21)24/h6-13,24,29H,5,14-15H2,1-4H3,(H,30,32). The van der Waals surface area contributed by atoms with E-state index in [0.29, 0.717) is 35.6 Å². The van der Waals surface area contributed by atoms with E-state index in [0.717, 1.165) is 23.4 Å². The van der Waals surface area contributed by atoms with Gasteiger partial charge in [-0.2, -0.15) is 0 Å². The highest BCUT2D eigenvalue weighted by Gasteiger charge is 2.42. The fourth-order valence-electron chi connectivity index (χ4n) is 4.76. The van der Waals surface area contributed by atoms with Crippen molar-refractivity contribution < 1.29 is 18.7 Å². The first-order valence-electron chi connectivity index (χ1n) is 11.2. The third-order valence-electron chi connectivity index (χ3n) is 6.09. The summed E-state index contributed by atoms with van der Waals surface area (Å²) in [6.07, 6.45) is 1.14. The number of dihydropyridines is 1. The average Bonchev–Trinajstić information content (AvgIpc) is 2.72. The lowest BCUT2D eigenvalue weighted by Crippen LogP contribution is -2.39. The molecule has 0 fully saturated rings. The van der Waals surface area contributed by atoms with Crippen LogP contribution in [0.25, 0.3) is 0 Å². The zero-order chi connectivity index (χ0) is 23.8.